The van der Waals surface area contributed by atoms with E-state index in [1.165, 1.54) is 0 Å². The highest BCUT2D eigenvalue weighted by atomic mass is 16.6. The first-order valence-corrected chi connectivity index (χ1v) is 4.51. The third-order valence-electron chi connectivity index (χ3n) is 1.46. The predicted molar refractivity (Wildman–Crippen MR) is 55.2 cm³/mol. The Morgan fingerprint density at radius 1 is 1.56 bits per heavy atom. The van der Waals surface area contributed by atoms with Gasteiger partial charge in [0.25, 0.3) is 5.88 Å². The summed E-state index contributed by atoms with van der Waals surface area (Å²) in [5.74, 6) is -0.237. The summed E-state index contributed by atoms with van der Waals surface area (Å²) >= 11 is 0. The lowest BCUT2D eigenvalue weighted by atomic mass is 10.2. The maximum absolute atomic E-state index is 11.3. The standard InChI is InChI=1S/C9H12N2O5/c1-9(2,3)16-8(12)10-7-6(11(13)14)4-5-15-7/h4-5H,1-3H3,(H,10,12). The summed E-state index contributed by atoms with van der Waals surface area (Å²) in [6, 6.07) is 1.15. The summed E-state index contributed by atoms with van der Waals surface area (Å²) in [7, 11) is 0. The molecule has 1 aromatic heterocycles. The fourth-order valence-electron chi connectivity index (χ4n) is 0.936. The lowest BCUT2D eigenvalue weighted by Crippen LogP contribution is -2.27. The number of nitro groups is 1. The first kappa shape index (κ1) is 12.0. The highest BCUT2D eigenvalue weighted by Gasteiger charge is 2.22. The minimum Gasteiger partial charge on any atom is -0.444 e. The number of carbonyl (C=O) groups excluding carboxylic acids is 1. The highest BCUT2D eigenvalue weighted by Crippen LogP contribution is 2.25. The molecule has 0 aromatic carbocycles. The smallest absolute Gasteiger partial charge is 0.414 e. The van der Waals surface area contributed by atoms with Gasteiger partial charge in [0.05, 0.1) is 11.0 Å². The summed E-state index contributed by atoms with van der Waals surface area (Å²) in [4.78, 5) is 21.1. The van der Waals surface area contributed by atoms with Crippen molar-refractivity contribution in [2.24, 2.45) is 0 Å². The maximum atomic E-state index is 11.3. The van der Waals surface area contributed by atoms with Gasteiger partial charge in [-0.15, -0.1) is 0 Å². The van der Waals surface area contributed by atoms with E-state index in [4.69, 9.17) is 9.15 Å². The molecule has 0 aliphatic rings. The molecule has 88 valence electrons. The van der Waals surface area contributed by atoms with Gasteiger partial charge in [-0.1, -0.05) is 0 Å². The second kappa shape index (κ2) is 4.21. The van der Waals surface area contributed by atoms with Crippen molar-refractivity contribution in [1.29, 1.82) is 0 Å². The molecule has 0 atom stereocenters. The molecule has 0 unspecified atom stereocenters. The van der Waals surface area contributed by atoms with E-state index in [2.05, 4.69) is 5.32 Å². The van der Waals surface area contributed by atoms with Crippen LogP contribution in [0.5, 0.6) is 0 Å². The molecule has 1 rings (SSSR count). The SMILES string of the molecule is CC(C)(C)OC(=O)Nc1occc1[N+](=O)[O-]. The van der Waals surface area contributed by atoms with Gasteiger partial charge in [0, 0.05) is 0 Å². The second-order valence-electron chi connectivity index (χ2n) is 4.02. The molecule has 0 fully saturated rings. The molecule has 7 nitrogen and oxygen atoms in total. The number of hydrogen-bond acceptors (Lipinski definition) is 5. The van der Waals surface area contributed by atoms with Gasteiger partial charge in [0.2, 0.25) is 0 Å². The van der Waals surface area contributed by atoms with Gasteiger partial charge in [0.1, 0.15) is 11.9 Å². The number of rotatable bonds is 2. The number of nitrogens with zero attached hydrogens (tertiary/aromatic N) is 1. The molecule has 1 heterocycles. The summed E-state index contributed by atoms with van der Waals surface area (Å²) in [5.41, 5.74) is -0.989. The molecule has 0 saturated heterocycles. The number of hydrogen-bond donors (Lipinski definition) is 1. The Morgan fingerprint density at radius 2 is 2.19 bits per heavy atom. The Balaban J connectivity index is 2.70. The zero-order valence-electron chi connectivity index (χ0n) is 9.14. The molecule has 1 aromatic rings. The Labute approximate surface area is 91.5 Å². The van der Waals surface area contributed by atoms with Crippen molar-refractivity contribution in [3.05, 3.63) is 22.4 Å². The van der Waals surface area contributed by atoms with E-state index >= 15 is 0 Å². The fraction of sp³-hybridized carbons (Fsp3) is 0.444. The van der Waals surface area contributed by atoms with Crippen LogP contribution in [-0.4, -0.2) is 16.6 Å². The molecule has 0 bridgehead atoms. The summed E-state index contributed by atoms with van der Waals surface area (Å²) in [6.07, 6.45) is 0.315. The second-order valence-corrected chi connectivity index (χ2v) is 4.02. The van der Waals surface area contributed by atoms with Gasteiger partial charge in [-0.05, 0) is 20.8 Å². The van der Waals surface area contributed by atoms with Crippen LogP contribution in [0.15, 0.2) is 16.7 Å². The Bertz CT molecular complexity index is 404. The van der Waals surface area contributed by atoms with E-state index in [0.29, 0.717) is 0 Å². The number of ether oxygens (including phenoxy) is 1. The molecule has 1 N–H and O–H groups in total. The van der Waals surface area contributed by atoms with Crippen molar-refractivity contribution in [2.45, 2.75) is 26.4 Å². The number of amides is 1. The van der Waals surface area contributed by atoms with E-state index < -0.39 is 16.6 Å². The number of nitrogens with one attached hydrogen (secondary N) is 1. The highest BCUT2D eigenvalue weighted by molar-refractivity contribution is 5.85. The van der Waals surface area contributed by atoms with E-state index in [-0.39, 0.29) is 11.6 Å². The zero-order chi connectivity index (χ0) is 12.3. The number of carbonyl (C=O) groups is 1. The first-order chi connectivity index (χ1) is 7.29. The molecular weight excluding hydrogens is 216 g/mol. The molecule has 16 heavy (non-hydrogen) atoms. The monoisotopic (exact) mass is 228 g/mol. The third-order valence-corrected chi connectivity index (χ3v) is 1.46. The minimum atomic E-state index is -0.800. The lowest BCUT2D eigenvalue weighted by Gasteiger charge is -2.18. The van der Waals surface area contributed by atoms with Crippen molar-refractivity contribution in [3.63, 3.8) is 0 Å². The van der Waals surface area contributed by atoms with Crippen LogP contribution in [0.2, 0.25) is 0 Å². The van der Waals surface area contributed by atoms with Crippen LogP contribution in [0.4, 0.5) is 16.4 Å². The van der Waals surface area contributed by atoms with Crippen LogP contribution < -0.4 is 5.32 Å². The van der Waals surface area contributed by atoms with Crippen molar-refractivity contribution >= 4 is 17.7 Å². The summed E-state index contributed by atoms with van der Waals surface area (Å²) < 4.78 is 9.67. The average molecular weight is 228 g/mol. The Kier molecular flexibility index (Phi) is 3.17. The van der Waals surface area contributed by atoms with E-state index in [1.54, 1.807) is 20.8 Å². The average Bonchev–Trinajstić information content (AvgIpc) is 2.47. The van der Waals surface area contributed by atoms with Crippen LogP contribution in [-0.2, 0) is 4.74 Å². The van der Waals surface area contributed by atoms with E-state index in [0.717, 1.165) is 12.3 Å². The minimum absolute atomic E-state index is 0.237. The van der Waals surface area contributed by atoms with Crippen LogP contribution in [0, 0.1) is 10.1 Å². The molecular formula is C9H12N2O5. The molecule has 0 spiro atoms. The van der Waals surface area contributed by atoms with Crippen LogP contribution in [0.25, 0.3) is 0 Å². The van der Waals surface area contributed by atoms with Gasteiger partial charge < -0.3 is 9.15 Å². The summed E-state index contributed by atoms with van der Waals surface area (Å²) in [6.45, 7) is 5.05. The topological polar surface area (TPSA) is 94.6 Å². The van der Waals surface area contributed by atoms with Gasteiger partial charge >= 0.3 is 11.8 Å². The normalized spacial score (nSPS) is 10.9. The third kappa shape index (κ3) is 3.26. The predicted octanol–water partition coefficient (Wildman–Crippen LogP) is 2.53. The Hall–Kier alpha value is -2.05. The Morgan fingerprint density at radius 3 is 2.69 bits per heavy atom. The van der Waals surface area contributed by atoms with Gasteiger partial charge in [-0.3, -0.25) is 15.4 Å². The molecule has 0 aliphatic heterocycles. The van der Waals surface area contributed by atoms with Crippen molar-refractivity contribution in [2.75, 3.05) is 5.32 Å². The maximum Gasteiger partial charge on any atom is 0.414 e. The van der Waals surface area contributed by atoms with Crippen molar-refractivity contribution in [3.8, 4) is 0 Å². The van der Waals surface area contributed by atoms with Gasteiger partial charge in [-0.2, -0.15) is 0 Å². The quantitative estimate of drug-likeness (QED) is 0.619. The molecule has 1 amide bonds. The number of furan rings is 1. The van der Waals surface area contributed by atoms with Crippen LogP contribution in [0.3, 0.4) is 0 Å². The summed E-state index contributed by atoms with van der Waals surface area (Å²) in [5, 5.41) is 12.7. The molecule has 0 saturated carbocycles. The zero-order valence-corrected chi connectivity index (χ0v) is 9.14. The van der Waals surface area contributed by atoms with E-state index in [9.17, 15) is 14.9 Å². The van der Waals surface area contributed by atoms with Crippen LogP contribution >= 0.6 is 0 Å². The largest absolute Gasteiger partial charge is 0.444 e. The first-order valence-electron chi connectivity index (χ1n) is 4.51. The van der Waals surface area contributed by atoms with Crippen molar-refractivity contribution < 1.29 is 18.9 Å². The molecule has 7 heteroatoms. The molecule has 0 aliphatic carbocycles. The van der Waals surface area contributed by atoms with Crippen molar-refractivity contribution in [1.82, 2.24) is 0 Å². The van der Waals surface area contributed by atoms with Gasteiger partial charge in [-0.25, -0.2) is 4.79 Å². The number of anilines is 1. The molecule has 0 radical (unpaired) electrons. The van der Waals surface area contributed by atoms with E-state index in [1.807, 2.05) is 0 Å². The van der Waals surface area contributed by atoms with Crippen LogP contribution in [0.1, 0.15) is 20.8 Å². The van der Waals surface area contributed by atoms with Gasteiger partial charge in [0.15, 0.2) is 0 Å². The fourth-order valence-corrected chi connectivity index (χ4v) is 0.936. The lowest BCUT2D eigenvalue weighted by molar-refractivity contribution is -0.384.